The van der Waals surface area contributed by atoms with Gasteiger partial charge in [-0.25, -0.2) is 22.5 Å². The number of aromatic nitrogens is 6. The first-order valence-electron chi connectivity index (χ1n) is 23.4. The number of hydrogen-bond donors (Lipinski definition) is 2. The molecule has 5 aliphatic heterocycles. The summed E-state index contributed by atoms with van der Waals surface area (Å²) in [6, 6.07) is 15.5. The average molecular weight is 996 g/mol. The maximum absolute atomic E-state index is 13.8. The number of hydrogen-bond acceptors (Lipinski definition) is 12. The molecule has 2 N–H and O–H groups in total. The van der Waals surface area contributed by atoms with Gasteiger partial charge in [0.1, 0.15) is 23.4 Å². The summed E-state index contributed by atoms with van der Waals surface area (Å²) in [6.45, 7) is 7.42. The Morgan fingerprint density at radius 3 is 2.36 bits per heavy atom. The number of likely N-dealkylation sites (tertiary alicyclic amines) is 2. The van der Waals surface area contributed by atoms with Gasteiger partial charge >= 0.3 is 6.03 Å². The second-order valence-corrected chi connectivity index (χ2v) is 22.3. The summed E-state index contributed by atoms with van der Waals surface area (Å²) >= 11 is 12.8. The molecule has 1 spiro atoms. The molecule has 1 atom stereocenters. The van der Waals surface area contributed by atoms with E-state index >= 15 is 0 Å². The first-order chi connectivity index (χ1) is 33.2. The number of aryl methyl sites for hydroxylation is 1. The van der Waals surface area contributed by atoms with Gasteiger partial charge in [0.25, 0.3) is 0 Å². The minimum absolute atomic E-state index is 0.0739. The normalized spacial score (nSPS) is 20.1. The topological polar surface area (TPSA) is 195 Å². The Bertz CT molecular complexity index is 3080. The molecule has 5 aliphatic rings. The second-order valence-electron chi connectivity index (χ2n) is 19.2. The van der Waals surface area contributed by atoms with Crippen LogP contribution in [0.1, 0.15) is 62.2 Å². The zero-order chi connectivity index (χ0) is 47.8. The summed E-state index contributed by atoms with van der Waals surface area (Å²) < 4.78 is 37.3. The van der Waals surface area contributed by atoms with Crippen LogP contribution in [-0.2, 0) is 26.7 Å². The first-order valence-corrected chi connectivity index (χ1v) is 25.7. The van der Waals surface area contributed by atoms with Crippen LogP contribution in [0.3, 0.4) is 0 Å². The number of ether oxygens (including phenoxy) is 1. The summed E-state index contributed by atoms with van der Waals surface area (Å²) in [7, 11) is -1.60. The van der Waals surface area contributed by atoms with Crippen LogP contribution in [-0.4, -0.2) is 141 Å². The Hall–Kier alpha value is -5.86. The van der Waals surface area contributed by atoms with Crippen molar-refractivity contribution >= 4 is 84.5 Å². The Labute approximate surface area is 408 Å². The van der Waals surface area contributed by atoms with Crippen molar-refractivity contribution in [3.63, 3.8) is 0 Å². The van der Waals surface area contributed by atoms with Crippen molar-refractivity contribution in [2.24, 2.45) is 12.5 Å². The molecule has 5 saturated heterocycles. The Morgan fingerprint density at radius 2 is 1.65 bits per heavy atom. The zero-order valence-corrected chi connectivity index (χ0v) is 40.6. The summed E-state index contributed by atoms with van der Waals surface area (Å²) in [5.74, 6) is 2.10. The van der Waals surface area contributed by atoms with Crippen molar-refractivity contribution in [3.05, 3.63) is 88.3 Å². The van der Waals surface area contributed by atoms with E-state index in [-0.39, 0.29) is 36.1 Å². The van der Waals surface area contributed by atoms with Crippen molar-refractivity contribution in [1.29, 1.82) is 0 Å². The van der Waals surface area contributed by atoms with E-state index in [9.17, 15) is 22.8 Å². The maximum atomic E-state index is 13.8. The van der Waals surface area contributed by atoms with Gasteiger partial charge in [0, 0.05) is 105 Å². The van der Waals surface area contributed by atoms with E-state index in [1.54, 1.807) is 21.4 Å². The summed E-state index contributed by atoms with van der Waals surface area (Å²) in [6.07, 6.45) is 7.42. The van der Waals surface area contributed by atoms with E-state index in [2.05, 4.69) is 47.5 Å². The second kappa shape index (κ2) is 17.8. The van der Waals surface area contributed by atoms with Crippen LogP contribution >= 0.6 is 23.2 Å². The molecule has 0 saturated carbocycles. The van der Waals surface area contributed by atoms with Crippen LogP contribution < -0.4 is 19.9 Å². The predicted octanol–water partition coefficient (Wildman–Crippen LogP) is 6.12. The van der Waals surface area contributed by atoms with Crippen LogP contribution in [0.2, 0.25) is 10.0 Å². The molecule has 69 heavy (non-hydrogen) atoms. The highest BCUT2D eigenvalue weighted by molar-refractivity contribution is 7.89. The van der Waals surface area contributed by atoms with Crippen LogP contribution in [0.25, 0.3) is 33.1 Å². The van der Waals surface area contributed by atoms with Gasteiger partial charge < -0.3 is 14.5 Å². The molecule has 0 unspecified atom stereocenters. The number of piperidine rings is 2. The average Bonchev–Trinajstić information content (AvgIpc) is 3.88. The van der Waals surface area contributed by atoms with E-state index in [4.69, 9.17) is 32.9 Å². The number of carbonyl (C=O) groups excluding carboxylic acids is 3. The Balaban J connectivity index is 0.627. The minimum atomic E-state index is -3.46. The highest BCUT2D eigenvalue weighted by atomic mass is 35.5. The molecule has 4 amide bonds. The minimum Gasteiger partial charge on any atom is -0.486 e. The lowest BCUT2D eigenvalue weighted by atomic mass is 9.74. The van der Waals surface area contributed by atoms with Crippen LogP contribution in [0.5, 0.6) is 5.75 Å². The number of urea groups is 1. The van der Waals surface area contributed by atoms with E-state index in [1.165, 1.54) is 10.5 Å². The van der Waals surface area contributed by atoms with Gasteiger partial charge in [-0.05, 0) is 99.6 Å². The number of rotatable bonds is 11. The van der Waals surface area contributed by atoms with E-state index in [0.29, 0.717) is 85.8 Å². The van der Waals surface area contributed by atoms with Crippen molar-refractivity contribution in [2.75, 3.05) is 75.2 Å². The third-order valence-electron chi connectivity index (χ3n) is 14.7. The highest BCUT2D eigenvalue weighted by Gasteiger charge is 2.56. The van der Waals surface area contributed by atoms with Crippen molar-refractivity contribution in [3.8, 4) is 17.0 Å². The fourth-order valence-electron chi connectivity index (χ4n) is 10.9. The number of anilines is 2. The SMILES string of the molecule is C[C@@H](Oc1ccc2[nH]nc(-c3ccc(N4CC5(C4)CN(S(=O)(=O)C4CCN(CC(=O)N6CCC(c7ccc8c(N9CCC(=O)NC9=O)nn(C)c8c7)CC6)CC4)C5)nc3)c2c1)c1c(Cl)cncc1Cl. The number of sulfonamides is 1. The number of carbonyl (C=O) groups is 3. The third kappa shape index (κ3) is 8.55. The molecule has 9 heterocycles. The Kier molecular flexibility index (Phi) is 11.8. The number of amides is 4. The molecule has 11 rings (SSSR count). The Morgan fingerprint density at radius 1 is 0.899 bits per heavy atom. The van der Waals surface area contributed by atoms with Gasteiger partial charge in [-0.1, -0.05) is 29.3 Å². The van der Waals surface area contributed by atoms with Gasteiger partial charge in [-0.3, -0.25) is 39.5 Å². The standard InChI is InChI=1S/C48H52Cl2N12O6S/c1-29(44-37(49)22-51-23-38(44)50)68-33-5-7-39-36(20-33)45(55-54-39)32-4-8-41(52-21-32)60-25-48(26-60)27-61(28-48)69(66,67)34-11-14-58(15-12-34)24-43(64)59-16-9-30(10-17-59)31-3-6-35-40(19-31)57(2)56-46(35)62-18-13-42(63)53-47(62)65/h3-8,19-23,29-30,34H,9-18,24-28H2,1-2H3,(H,54,55)(H,53,63,65)/t29-/m1/s1. The largest absolute Gasteiger partial charge is 0.486 e. The molecule has 0 bridgehead atoms. The number of nitrogens with zero attached hydrogens (tertiary/aromatic N) is 10. The summed E-state index contributed by atoms with van der Waals surface area (Å²) in [5.41, 5.74) is 5.13. The van der Waals surface area contributed by atoms with Crippen molar-refractivity contribution in [2.45, 2.75) is 56.3 Å². The molecular weight excluding hydrogens is 944 g/mol. The van der Waals surface area contributed by atoms with E-state index in [0.717, 1.165) is 64.8 Å². The van der Waals surface area contributed by atoms with E-state index in [1.807, 2.05) is 61.5 Å². The van der Waals surface area contributed by atoms with Crippen LogP contribution in [0.15, 0.2) is 67.1 Å². The number of aromatic amines is 1. The maximum Gasteiger partial charge on any atom is 0.329 e. The molecule has 2 aromatic carbocycles. The zero-order valence-electron chi connectivity index (χ0n) is 38.3. The van der Waals surface area contributed by atoms with Crippen molar-refractivity contribution < 1.29 is 27.5 Å². The molecule has 360 valence electrons. The lowest BCUT2D eigenvalue weighted by molar-refractivity contribution is -0.133. The number of H-pyrrole nitrogens is 1. The fraction of sp³-hybridized carbons (Fsp3) is 0.438. The smallest absolute Gasteiger partial charge is 0.329 e. The van der Waals surface area contributed by atoms with Gasteiger partial charge in [0.15, 0.2) is 5.82 Å². The molecule has 0 aliphatic carbocycles. The number of fused-ring (bicyclic) bond motifs is 2. The van der Waals surface area contributed by atoms with Crippen molar-refractivity contribution in [1.82, 2.24) is 49.4 Å². The molecule has 4 aromatic heterocycles. The quantitative estimate of drug-likeness (QED) is 0.151. The third-order valence-corrected chi connectivity index (χ3v) is 17.6. The lowest BCUT2D eigenvalue weighted by Crippen LogP contribution is -2.73. The molecule has 18 nitrogen and oxygen atoms in total. The molecular formula is C48H52Cl2N12O6S. The highest BCUT2D eigenvalue weighted by Crippen LogP contribution is 2.44. The number of nitrogens with one attached hydrogen (secondary N) is 2. The van der Waals surface area contributed by atoms with E-state index < -0.39 is 27.4 Å². The monoisotopic (exact) mass is 994 g/mol. The van der Waals surface area contributed by atoms with Gasteiger partial charge in [-0.2, -0.15) is 10.2 Å². The summed E-state index contributed by atoms with van der Waals surface area (Å²) in [4.78, 5) is 54.3. The molecule has 6 aromatic rings. The first kappa shape index (κ1) is 45.6. The summed E-state index contributed by atoms with van der Waals surface area (Å²) in [5, 5.41) is 16.8. The van der Waals surface area contributed by atoms with Gasteiger partial charge in [-0.15, -0.1) is 0 Å². The number of halogens is 2. The fourth-order valence-corrected chi connectivity index (χ4v) is 13.7. The van der Waals surface area contributed by atoms with Gasteiger partial charge in [0.2, 0.25) is 21.8 Å². The molecule has 5 fully saturated rings. The predicted molar refractivity (Wildman–Crippen MR) is 262 cm³/mol. The number of benzene rings is 2. The molecule has 0 radical (unpaired) electrons. The van der Waals surface area contributed by atoms with Crippen LogP contribution in [0, 0.1) is 5.41 Å². The van der Waals surface area contributed by atoms with Gasteiger partial charge in [0.05, 0.1) is 32.9 Å². The molecule has 21 heteroatoms. The lowest BCUT2D eigenvalue weighted by Gasteiger charge is -2.60. The van der Waals surface area contributed by atoms with Crippen LogP contribution in [0.4, 0.5) is 16.4 Å². The number of imide groups is 1. The number of pyridine rings is 2.